The molecule has 0 bridgehead atoms. The van der Waals surface area contributed by atoms with Crippen LogP contribution in [0.2, 0.25) is 0 Å². The van der Waals surface area contributed by atoms with E-state index in [0.717, 1.165) is 27.0 Å². The van der Waals surface area contributed by atoms with Crippen LogP contribution in [0.5, 0.6) is 0 Å². The van der Waals surface area contributed by atoms with Crippen LogP contribution in [-0.4, -0.2) is 14.5 Å². The van der Waals surface area contributed by atoms with E-state index in [1.165, 1.54) is 0 Å². The minimum absolute atomic E-state index is 0.682. The van der Waals surface area contributed by atoms with Crippen molar-refractivity contribution in [3.05, 3.63) is 35.0 Å². The van der Waals surface area contributed by atoms with Gasteiger partial charge in [0.15, 0.2) is 11.5 Å². The van der Waals surface area contributed by atoms with Crippen molar-refractivity contribution in [3.8, 4) is 11.3 Å². The van der Waals surface area contributed by atoms with Crippen molar-refractivity contribution in [2.75, 3.05) is 0 Å². The topological polar surface area (TPSA) is 43.9 Å². The highest BCUT2D eigenvalue weighted by Gasteiger charge is 2.11. The average molecular weight is 292 g/mol. The van der Waals surface area contributed by atoms with E-state index in [0.29, 0.717) is 5.89 Å². The molecule has 0 aliphatic carbocycles. The molecule has 0 saturated carbocycles. The summed E-state index contributed by atoms with van der Waals surface area (Å²) in [5.41, 5.74) is 3.76. The molecule has 1 aromatic carbocycles. The number of aryl methyl sites for hydroxylation is 2. The zero-order valence-corrected chi connectivity index (χ0v) is 11.0. The molecule has 17 heavy (non-hydrogen) atoms. The van der Waals surface area contributed by atoms with Crippen LogP contribution in [-0.2, 0) is 7.05 Å². The summed E-state index contributed by atoms with van der Waals surface area (Å²) < 4.78 is 8.33. The van der Waals surface area contributed by atoms with Crippen LogP contribution in [0.4, 0.5) is 0 Å². The van der Waals surface area contributed by atoms with Gasteiger partial charge in [0.1, 0.15) is 10.1 Å². The Bertz CT molecular complexity index is 679. The van der Waals surface area contributed by atoms with Gasteiger partial charge in [-0.15, -0.1) is 0 Å². The van der Waals surface area contributed by atoms with E-state index in [2.05, 4.69) is 25.9 Å². The Morgan fingerprint density at radius 1 is 1.35 bits per heavy atom. The van der Waals surface area contributed by atoms with Crippen molar-refractivity contribution in [1.29, 1.82) is 0 Å². The summed E-state index contributed by atoms with van der Waals surface area (Å²) in [5.74, 6) is 0.682. The molecule has 86 valence electrons. The van der Waals surface area contributed by atoms with E-state index in [1.54, 1.807) is 6.33 Å². The van der Waals surface area contributed by atoms with Crippen molar-refractivity contribution < 1.29 is 4.42 Å². The van der Waals surface area contributed by atoms with Gasteiger partial charge in [-0.1, -0.05) is 6.07 Å². The largest absolute Gasteiger partial charge is 0.441 e. The fourth-order valence-electron chi connectivity index (χ4n) is 1.91. The summed E-state index contributed by atoms with van der Waals surface area (Å²) >= 11 is 3.44. The molecule has 0 amide bonds. The van der Waals surface area contributed by atoms with Gasteiger partial charge in [-0.25, -0.2) is 9.97 Å². The smallest absolute Gasteiger partial charge is 0.192 e. The number of benzene rings is 1. The number of aromatic nitrogens is 3. The van der Waals surface area contributed by atoms with Gasteiger partial charge in [-0.05, 0) is 28.1 Å². The van der Waals surface area contributed by atoms with Crippen molar-refractivity contribution in [2.24, 2.45) is 7.05 Å². The second kappa shape index (κ2) is 3.70. The monoisotopic (exact) mass is 291 g/mol. The normalized spacial score (nSPS) is 11.2. The quantitative estimate of drug-likeness (QED) is 0.691. The maximum atomic E-state index is 5.53. The Labute approximate surface area is 106 Å². The highest BCUT2D eigenvalue weighted by molar-refractivity contribution is 9.10. The summed E-state index contributed by atoms with van der Waals surface area (Å²) in [6.45, 7) is 1.85. The number of imidazole rings is 1. The Morgan fingerprint density at radius 3 is 2.88 bits per heavy atom. The van der Waals surface area contributed by atoms with Gasteiger partial charge in [-0.2, -0.15) is 0 Å². The van der Waals surface area contributed by atoms with Crippen LogP contribution < -0.4 is 0 Å². The lowest BCUT2D eigenvalue weighted by molar-refractivity contribution is 0.561. The molecule has 0 aliphatic rings. The highest BCUT2D eigenvalue weighted by atomic mass is 79.9. The maximum absolute atomic E-state index is 5.53. The first-order valence-electron chi connectivity index (χ1n) is 5.19. The van der Waals surface area contributed by atoms with E-state index in [-0.39, 0.29) is 0 Å². The van der Waals surface area contributed by atoms with Gasteiger partial charge < -0.3 is 8.98 Å². The second-order valence-corrected chi connectivity index (χ2v) is 4.66. The van der Waals surface area contributed by atoms with E-state index in [1.807, 2.05) is 36.7 Å². The standard InChI is InChI=1S/C12H10BrN3O/c1-7-15-9-4-3-8(5-10(9)17-7)11-12(13)14-6-16(11)2/h3-6H,1-2H3. The average Bonchev–Trinajstić information content (AvgIpc) is 2.80. The minimum Gasteiger partial charge on any atom is -0.441 e. The fraction of sp³-hybridized carbons (Fsp3) is 0.167. The third kappa shape index (κ3) is 1.67. The molecule has 5 heteroatoms. The molecule has 2 aromatic heterocycles. The van der Waals surface area contributed by atoms with Gasteiger partial charge >= 0.3 is 0 Å². The van der Waals surface area contributed by atoms with Gasteiger partial charge in [0.25, 0.3) is 0 Å². The lowest BCUT2D eigenvalue weighted by Crippen LogP contribution is -1.89. The lowest BCUT2D eigenvalue weighted by Gasteiger charge is -2.02. The van der Waals surface area contributed by atoms with Crippen LogP contribution in [0.3, 0.4) is 0 Å². The molecule has 0 unspecified atom stereocenters. The fourth-order valence-corrected chi connectivity index (χ4v) is 2.51. The van der Waals surface area contributed by atoms with Crippen LogP contribution in [0, 0.1) is 6.92 Å². The first-order valence-corrected chi connectivity index (χ1v) is 5.99. The molecule has 0 spiro atoms. The summed E-state index contributed by atoms with van der Waals surface area (Å²) in [7, 11) is 1.96. The Balaban J connectivity index is 2.24. The molecular formula is C12H10BrN3O. The summed E-state index contributed by atoms with van der Waals surface area (Å²) in [4.78, 5) is 8.49. The number of nitrogens with zero attached hydrogens (tertiary/aromatic N) is 3. The molecule has 2 heterocycles. The third-order valence-corrected chi connectivity index (χ3v) is 3.24. The number of rotatable bonds is 1. The van der Waals surface area contributed by atoms with E-state index < -0.39 is 0 Å². The van der Waals surface area contributed by atoms with Crippen molar-refractivity contribution in [3.63, 3.8) is 0 Å². The van der Waals surface area contributed by atoms with Gasteiger partial charge in [0.05, 0.1) is 12.0 Å². The Morgan fingerprint density at radius 2 is 2.18 bits per heavy atom. The number of halogens is 1. The molecule has 0 radical (unpaired) electrons. The van der Waals surface area contributed by atoms with Crippen LogP contribution in [0.15, 0.2) is 33.5 Å². The van der Waals surface area contributed by atoms with Crippen molar-refractivity contribution >= 4 is 27.0 Å². The number of fused-ring (bicyclic) bond motifs is 1. The second-order valence-electron chi connectivity index (χ2n) is 3.91. The zero-order valence-electron chi connectivity index (χ0n) is 9.44. The summed E-state index contributed by atoms with van der Waals surface area (Å²) in [5, 5.41) is 0. The summed E-state index contributed by atoms with van der Waals surface area (Å²) in [6, 6.07) is 5.96. The van der Waals surface area contributed by atoms with E-state index in [9.17, 15) is 0 Å². The number of oxazole rings is 1. The molecule has 0 N–H and O–H groups in total. The first-order chi connectivity index (χ1) is 8.15. The molecule has 4 nitrogen and oxygen atoms in total. The predicted molar refractivity (Wildman–Crippen MR) is 68.6 cm³/mol. The Kier molecular flexibility index (Phi) is 2.29. The molecular weight excluding hydrogens is 282 g/mol. The minimum atomic E-state index is 0.682. The van der Waals surface area contributed by atoms with Gasteiger partial charge in [0.2, 0.25) is 0 Å². The predicted octanol–water partition coefficient (Wildman–Crippen LogP) is 3.30. The maximum Gasteiger partial charge on any atom is 0.192 e. The first kappa shape index (κ1) is 10.5. The van der Waals surface area contributed by atoms with Crippen LogP contribution in [0.25, 0.3) is 22.4 Å². The number of hydrogen-bond acceptors (Lipinski definition) is 3. The van der Waals surface area contributed by atoms with E-state index in [4.69, 9.17) is 4.42 Å². The van der Waals surface area contributed by atoms with Crippen LogP contribution in [0.1, 0.15) is 5.89 Å². The lowest BCUT2D eigenvalue weighted by atomic mass is 10.1. The van der Waals surface area contributed by atoms with Gasteiger partial charge in [-0.3, -0.25) is 0 Å². The number of hydrogen-bond donors (Lipinski definition) is 0. The molecule has 0 aliphatic heterocycles. The van der Waals surface area contributed by atoms with Crippen molar-refractivity contribution in [2.45, 2.75) is 6.92 Å². The molecule has 0 atom stereocenters. The van der Waals surface area contributed by atoms with Crippen molar-refractivity contribution in [1.82, 2.24) is 14.5 Å². The molecule has 0 fully saturated rings. The molecule has 0 saturated heterocycles. The zero-order chi connectivity index (χ0) is 12.0. The van der Waals surface area contributed by atoms with Gasteiger partial charge in [0, 0.05) is 19.5 Å². The summed E-state index contributed by atoms with van der Waals surface area (Å²) in [6.07, 6.45) is 1.77. The Hall–Kier alpha value is -1.62. The highest BCUT2D eigenvalue weighted by Crippen LogP contribution is 2.29. The van der Waals surface area contributed by atoms with Crippen LogP contribution >= 0.6 is 15.9 Å². The molecule has 3 aromatic rings. The SMILES string of the molecule is Cc1nc2ccc(-c3c(Br)ncn3C)cc2o1. The molecule has 3 rings (SSSR count). The van der Waals surface area contributed by atoms with E-state index >= 15 is 0 Å². The third-order valence-electron chi connectivity index (χ3n) is 2.66.